The van der Waals surface area contributed by atoms with Crippen LogP contribution in [0, 0.1) is 18.3 Å². The number of nitriles is 1. The van der Waals surface area contributed by atoms with E-state index in [2.05, 4.69) is 22.0 Å². The molecule has 1 heterocycles. The van der Waals surface area contributed by atoms with Crippen molar-refractivity contribution in [3.63, 3.8) is 0 Å². The Morgan fingerprint density at radius 3 is 2.33 bits per heavy atom. The second-order valence-electron chi connectivity index (χ2n) is 8.93. The Bertz CT molecular complexity index is 1460. The van der Waals surface area contributed by atoms with Gasteiger partial charge >= 0.3 is 0 Å². The van der Waals surface area contributed by atoms with Crippen LogP contribution in [0.5, 0.6) is 5.75 Å². The summed E-state index contributed by atoms with van der Waals surface area (Å²) in [7, 11) is 0. The molecule has 0 fully saturated rings. The van der Waals surface area contributed by atoms with Gasteiger partial charge in [0.15, 0.2) is 0 Å². The highest BCUT2D eigenvalue weighted by molar-refractivity contribution is 8.03. The van der Waals surface area contributed by atoms with Gasteiger partial charge in [-0.2, -0.15) is 5.26 Å². The highest BCUT2D eigenvalue weighted by atomic mass is 32.2. The molecule has 0 saturated carbocycles. The van der Waals surface area contributed by atoms with Crippen LogP contribution in [-0.2, 0) is 9.59 Å². The minimum atomic E-state index is -0.627. The lowest BCUT2D eigenvalue weighted by Gasteiger charge is -2.30. The van der Waals surface area contributed by atoms with E-state index in [9.17, 15) is 14.9 Å². The first kappa shape index (κ1) is 27.6. The number of carbonyl (C=O) groups is 2. The van der Waals surface area contributed by atoms with Gasteiger partial charge < -0.3 is 20.7 Å². The van der Waals surface area contributed by atoms with Crippen molar-refractivity contribution >= 4 is 35.0 Å². The highest BCUT2D eigenvalue weighted by Gasteiger charge is 2.35. The molecule has 8 heteroatoms. The fourth-order valence-corrected chi connectivity index (χ4v) is 5.23. The van der Waals surface area contributed by atoms with E-state index in [-0.39, 0.29) is 17.6 Å². The van der Waals surface area contributed by atoms with E-state index in [4.69, 9.17) is 4.74 Å². The SMILES string of the molecule is CCOc1ccc(C2C(C#N)=C(SCC(=O)Nc3ccccc3C)NC(C)=C2C(=O)Nc2ccccc2)cc1. The molecule has 1 aliphatic heterocycles. The summed E-state index contributed by atoms with van der Waals surface area (Å²) in [6.07, 6.45) is 0. The van der Waals surface area contributed by atoms with Crippen molar-refractivity contribution in [2.45, 2.75) is 26.7 Å². The fourth-order valence-electron chi connectivity index (χ4n) is 4.34. The summed E-state index contributed by atoms with van der Waals surface area (Å²) < 4.78 is 5.59. The summed E-state index contributed by atoms with van der Waals surface area (Å²) in [5.41, 5.74) is 4.57. The molecule has 1 aliphatic rings. The van der Waals surface area contributed by atoms with Crippen molar-refractivity contribution < 1.29 is 14.3 Å². The Morgan fingerprint density at radius 2 is 1.67 bits per heavy atom. The number of allylic oxidation sites excluding steroid dienone is 2. The molecule has 0 aromatic heterocycles. The molecule has 39 heavy (non-hydrogen) atoms. The van der Waals surface area contributed by atoms with Gasteiger partial charge in [-0.05, 0) is 62.2 Å². The van der Waals surface area contributed by atoms with Crippen LogP contribution in [0.25, 0.3) is 0 Å². The van der Waals surface area contributed by atoms with Crippen LogP contribution in [-0.4, -0.2) is 24.2 Å². The lowest BCUT2D eigenvalue weighted by atomic mass is 9.82. The maximum absolute atomic E-state index is 13.6. The zero-order valence-corrected chi connectivity index (χ0v) is 22.9. The fraction of sp³-hybridized carbons (Fsp3) is 0.194. The van der Waals surface area contributed by atoms with Gasteiger partial charge in [0, 0.05) is 22.6 Å². The normalized spacial score (nSPS) is 14.8. The number of anilines is 2. The topological polar surface area (TPSA) is 103 Å². The highest BCUT2D eigenvalue weighted by Crippen LogP contribution is 2.41. The summed E-state index contributed by atoms with van der Waals surface area (Å²) in [5.74, 6) is -0.322. The van der Waals surface area contributed by atoms with Crippen LogP contribution in [0.3, 0.4) is 0 Å². The third-order valence-corrected chi connectivity index (χ3v) is 7.23. The molecule has 7 nitrogen and oxygen atoms in total. The summed E-state index contributed by atoms with van der Waals surface area (Å²) in [6, 6.07) is 26.5. The largest absolute Gasteiger partial charge is 0.494 e. The van der Waals surface area contributed by atoms with Gasteiger partial charge in [0.05, 0.1) is 34.9 Å². The number of hydrogen-bond acceptors (Lipinski definition) is 6. The molecule has 1 unspecified atom stereocenters. The number of nitrogens with one attached hydrogen (secondary N) is 3. The lowest BCUT2D eigenvalue weighted by molar-refractivity contribution is -0.114. The van der Waals surface area contributed by atoms with Crippen LogP contribution in [0.15, 0.2) is 101 Å². The Labute approximate surface area is 233 Å². The average Bonchev–Trinajstić information content (AvgIpc) is 2.94. The molecular weight excluding hydrogens is 508 g/mol. The van der Waals surface area contributed by atoms with E-state index < -0.39 is 5.92 Å². The third kappa shape index (κ3) is 6.70. The average molecular weight is 539 g/mol. The van der Waals surface area contributed by atoms with Gasteiger partial charge in [-0.25, -0.2) is 0 Å². The van der Waals surface area contributed by atoms with Crippen molar-refractivity contribution in [1.29, 1.82) is 5.26 Å². The van der Waals surface area contributed by atoms with E-state index in [1.165, 1.54) is 11.8 Å². The monoisotopic (exact) mass is 538 g/mol. The number of nitrogens with zero attached hydrogens (tertiary/aromatic N) is 1. The van der Waals surface area contributed by atoms with Crippen LogP contribution < -0.4 is 20.7 Å². The van der Waals surface area contributed by atoms with E-state index in [1.807, 2.05) is 99.6 Å². The first-order chi connectivity index (χ1) is 18.9. The predicted octanol–water partition coefficient (Wildman–Crippen LogP) is 6.10. The zero-order valence-electron chi connectivity index (χ0n) is 22.1. The quantitative estimate of drug-likeness (QED) is 0.304. The molecule has 0 aliphatic carbocycles. The number of amides is 2. The van der Waals surface area contributed by atoms with Gasteiger partial charge in [-0.3, -0.25) is 9.59 Å². The number of ether oxygens (including phenoxy) is 1. The second-order valence-corrected chi connectivity index (χ2v) is 9.91. The molecule has 198 valence electrons. The smallest absolute Gasteiger partial charge is 0.254 e. The minimum Gasteiger partial charge on any atom is -0.494 e. The van der Waals surface area contributed by atoms with Gasteiger partial charge in [0.2, 0.25) is 5.91 Å². The number of benzene rings is 3. The van der Waals surface area contributed by atoms with Crippen LogP contribution in [0.2, 0.25) is 0 Å². The molecule has 0 radical (unpaired) electrons. The van der Waals surface area contributed by atoms with Gasteiger partial charge in [0.25, 0.3) is 5.91 Å². The lowest BCUT2D eigenvalue weighted by Crippen LogP contribution is -2.31. The minimum absolute atomic E-state index is 0.0939. The second kappa shape index (κ2) is 12.9. The van der Waals surface area contributed by atoms with Crippen molar-refractivity contribution in [2.75, 3.05) is 23.0 Å². The molecule has 1 atom stereocenters. The van der Waals surface area contributed by atoms with E-state index in [1.54, 1.807) is 0 Å². The van der Waals surface area contributed by atoms with Crippen LogP contribution >= 0.6 is 11.8 Å². The number of thioether (sulfide) groups is 1. The number of carbonyl (C=O) groups excluding carboxylic acids is 2. The number of aryl methyl sites for hydroxylation is 1. The van der Waals surface area contributed by atoms with Crippen molar-refractivity contribution in [2.24, 2.45) is 0 Å². The van der Waals surface area contributed by atoms with Crippen LogP contribution in [0.1, 0.15) is 30.9 Å². The molecule has 4 rings (SSSR count). The first-order valence-corrected chi connectivity index (χ1v) is 13.6. The summed E-state index contributed by atoms with van der Waals surface area (Å²) >= 11 is 1.24. The third-order valence-electron chi connectivity index (χ3n) is 6.21. The van der Waals surface area contributed by atoms with E-state index in [0.29, 0.717) is 39.9 Å². The standard InChI is InChI=1S/C31H30N4O3S/c1-4-38-24-16-14-22(15-17-24)29-25(18-32)31(39-19-27(36)35-26-13-9-8-10-20(26)2)33-21(3)28(29)30(37)34-23-11-6-5-7-12-23/h5-17,29,33H,4,19H2,1-3H3,(H,34,37)(H,35,36). The number of rotatable bonds is 9. The molecular formula is C31H30N4O3S. The van der Waals surface area contributed by atoms with Crippen molar-refractivity contribution in [1.82, 2.24) is 5.32 Å². The summed E-state index contributed by atoms with van der Waals surface area (Å²) in [5, 5.41) is 20.0. The zero-order chi connectivity index (χ0) is 27.8. The van der Waals surface area contributed by atoms with E-state index >= 15 is 0 Å². The molecule has 2 amide bonds. The Morgan fingerprint density at radius 1 is 0.974 bits per heavy atom. The first-order valence-electron chi connectivity index (χ1n) is 12.6. The van der Waals surface area contributed by atoms with Crippen molar-refractivity contribution in [3.8, 4) is 11.8 Å². The molecule has 0 spiro atoms. The molecule has 3 N–H and O–H groups in total. The Kier molecular flexibility index (Phi) is 9.08. The van der Waals surface area contributed by atoms with Crippen LogP contribution in [0.4, 0.5) is 11.4 Å². The van der Waals surface area contributed by atoms with Gasteiger partial charge in [0.1, 0.15) is 5.75 Å². The van der Waals surface area contributed by atoms with Gasteiger partial charge in [-0.15, -0.1) is 0 Å². The van der Waals surface area contributed by atoms with Crippen molar-refractivity contribution in [3.05, 3.63) is 112 Å². The number of para-hydroxylation sites is 2. The predicted molar refractivity (Wildman–Crippen MR) is 156 cm³/mol. The molecule has 3 aromatic carbocycles. The van der Waals surface area contributed by atoms with Gasteiger partial charge in [-0.1, -0.05) is 60.3 Å². The maximum atomic E-state index is 13.6. The Balaban J connectivity index is 1.64. The molecule has 0 saturated heterocycles. The number of hydrogen-bond donors (Lipinski definition) is 3. The Hall–Kier alpha value is -4.48. The summed E-state index contributed by atoms with van der Waals surface area (Å²) in [6.45, 7) is 6.18. The number of dihydropyridines is 1. The van der Waals surface area contributed by atoms with E-state index in [0.717, 1.165) is 16.8 Å². The molecule has 3 aromatic rings. The maximum Gasteiger partial charge on any atom is 0.254 e. The summed E-state index contributed by atoms with van der Waals surface area (Å²) in [4.78, 5) is 26.3. The molecule has 0 bridgehead atoms.